The van der Waals surface area contributed by atoms with Crippen molar-refractivity contribution in [1.82, 2.24) is 5.32 Å². The van der Waals surface area contributed by atoms with Gasteiger partial charge in [0.15, 0.2) is 0 Å². The minimum absolute atomic E-state index is 0.771. The lowest BCUT2D eigenvalue weighted by Gasteiger charge is -2.11. The molecule has 0 aromatic carbocycles. The van der Waals surface area contributed by atoms with Crippen molar-refractivity contribution in [3.05, 3.63) is 21.9 Å². The highest BCUT2D eigenvalue weighted by atomic mass is 32.1. The van der Waals surface area contributed by atoms with Gasteiger partial charge >= 0.3 is 0 Å². The summed E-state index contributed by atoms with van der Waals surface area (Å²) in [6, 6.07) is 3.07. The van der Waals surface area contributed by atoms with Gasteiger partial charge in [-0.15, -0.1) is 11.3 Å². The van der Waals surface area contributed by atoms with Crippen molar-refractivity contribution < 1.29 is 0 Å². The van der Waals surface area contributed by atoms with E-state index < -0.39 is 0 Å². The zero-order valence-corrected chi connectivity index (χ0v) is 9.86. The summed E-state index contributed by atoms with van der Waals surface area (Å²) in [6.45, 7) is 5.74. The summed E-state index contributed by atoms with van der Waals surface area (Å²) in [7, 11) is 0. The molecule has 14 heavy (non-hydrogen) atoms. The third-order valence-corrected chi connectivity index (χ3v) is 3.88. The zero-order valence-electron chi connectivity index (χ0n) is 9.05. The molecule has 1 aliphatic rings. The first-order valence-corrected chi connectivity index (χ1v) is 6.40. The number of thiophene rings is 1. The molecule has 1 saturated carbocycles. The minimum atomic E-state index is 0.771. The van der Waals surface area contributed by atoms with E-state index in [9.17, 15) is 0 Å². The molecule has 1 unspecified atom stereocenters. The number of nitrogens with one attached hydrogen (secondary N) is 1. The normalized spacial score (nSPS) is 18.4. The van der Waals surface area contributed by atoms with Gasteiger partial charge in [0.05, 0.1) is 0 Å². The lowest BCUT2D eigenvalue weighted by atomic mass is 10.1. The molecule has 1 fully saturated rings. The molecule has 0 bridgehead atoms. The van der Waals surface area contributed by atoms with Crippen molar-refractivity contribution in [2.75, 3.05) is 6.54 Å². The van der Waals surface area contributed by atoms with Gasteiger partial charge in [0, 0.05) is 10.9 Å². The molecule has 1 nitrogen and oxygen atoms in total. The van der Waals surface area contributed by atoms with E-state index in [-0.39, 0.29) is 0 Å². The van der Waals surface area contributed by atoms with Gasteiger partial charge in [-0.25, -0.2) is 0 Å². The second kappa shape index (κ2) is 4.45. The van der Waals surface area contributed by atoms with E-state index in [1.54, 1.807) is 4.88 Å². The topological polar surface area (TPSA) is 12.0 Å². The largest absolute Gasteiger partial charge is 0.314 e. The van der Waals surface area contributed by atoms with Gasteiger partial charge in [-0.2, -0.15) is 0 Å². The molecule has 0 radical (unpaired) electrons. The Balaban J connectivity index is 1.75. The van der Waals surface area contributed by atoms with Crippen molar-refractivity contribution in [3.8, 4) is 0 Å². The van der Waals surface area contributed by atoms with E-state index in [1.165, 1.54) is 31.4 Å². The quantitative estimate of drug-likeness (QED) is 0.786. The first-order chi connectivity index (χ1) is 6.75. The van der Waals surface area contributed by atoms with E-state index in [2.05, 4.69) is 30.6 Å². The van der Waals surface area contributed by atoms with Crippen LogP contribution >= 0.6 is 11.3 Å². The predicted octanol–water partition coefficient (Wildman–Crippen LogP) is 2.99. The summed E-state index contributed by atoms with van der Waals surface area (Å²) in [5.74, 6) is 0.771. The van der Waals surface area contributed by atoms with Crippen molar-refractivity contribution in [1.29, 1.82) is 0 Å². The fraction of sp³-hybridized carbons (Fsp3) is 0.667. The van der Waals surface area contributed by atoms with Gasteiger partial charge < -0.3 is 5.32 Å². The highest BCUT2D eigenvalue weighted by Crippen LogP contribution is 2.21. The van der Waals surface area contributed by atoms with Gasteiger partial charge in [-0.3, -0.25) is 0 Å². The third-order valence-electron chi connectivity index (χ3n) is 2.83. The Morgan fingerprint density at radius 3 is 2.93 bits per heavy atom. The standard InChI is InChI=1S/C12H19NS/c1-9(8-13-11-3-4-11)7-12-10(2)5-6-14-12/h5-6,9,11,13H,3-4,7-8H2,1-2H3. The van der Waals surface area contributed by atoms with Crippen LogP contribution in [0.4, 0.5) is 0 Å². The summed E-state index contributed by atoms with van der Waals surface area (Å²) >= 11 is 1.90. The van der Waals surface area contributed by atoms with Crippen LogP contribution < -0.4 is 5.32 Å². The van der Waals surface area contributed by atoms with Crippen LogP contribution in [-0.2, 0) is 6.42 Å². The monoisotopic (exact) mass is 209 g/mol. The number of hydrogen-bond acceptors (Lipinski definition) is 2. The maximum absolute atomic E-state index is 3.59. The Morgan fingerprint density at radius 2 is 2.36 bits per heavy atom. The molecule has 1 N–H and O–H groups in total. The summed E-state index contributed by atoms with van der Waals surface area (Å²) in [4.78, 5) is 1.56. The van der Waals surface area contributed by atoms with E-state index in [1.807, 2.05) is 11.3 Å². The van der Waals surface area contributed by atoms with E-state index in [0.717, 1.165) is 12.0 Å². The van der Waals surface area contributed by atoms with Crippen LogP contribution in [0, 0.1) is 12.8 Å². The van der Waals surface area contributed by atoms with Gasteiger partial charge in [0.25, 0.3) is 0 Å². The average molecular weight is 209 g/mol. The molecule has 1 aromatic heterocycles. The first-order valence-electron chi connectivity index (χ1n) is 5.52. The van der Waals surface area contributed by atoms with Gasteiger partial charge in [0.2, 0.25) is 0 Å². The van der Waals surface area contributed by atoms with Crippen molar-refractivity contribution >= 4 is 11.3 Å². The van der Waals surface area contributed by atoms with Crippen LogP contribution in [-0.4, -0.2) is 12.6 Å². The van der Waals surface area contributed by atoms with Crippen LogP contribution in [0.15, 0.2) is 11.4 Å². The van der Waals surface area contributed by atoms with E-state index in [4.69, 9.17) is 0 Å². The Morgan fingerprint density at radius 1 is 1.57 bits per heavy atom. The molecule has 0 saturated heterocycles. The van der Waals surface area contributed by atoms with Gasteiger partial charge in [-0.1, -0.05) is 6.92 Å². The van der Waals surface area contributed by atoms with Crippen LogP contribution in [0.5, 0.6) is 0 Å². The van der Waals surface area contributed by atoms with Gasteiger partial charge in [0.1, 0.15) is 0 Å². The highest BCUT2D eigenvalue weighted by Gasteiger charge is 2.20. The van der Waals surface area contributed by atoms with Crippen molar-refractivity contribution in [2.24, 2.45) is 5.92 Å². The molecular weight excluding hydrogens is 190 g/mol. The second-order valence-electron chi connectivity index (χ2n) is 4.52. The first kappa shape index (κ1) is 10.2. The molecule has 2 rings (SSSR count). The van der Waals surface area contributed by atoms with Crippen LogP contribution in [0.2, 0.25) is 0 Å². The molecule has 1 atom stereocenters. The van der Waals surface area contributed by atoms with Gasteiger partial charge in [-0.05, 0) is 55.7 Å². The molecule has 2 heteroatoms. The molecular formula is C12H19NS. The zero-order chi connectivity index (χ0) is 9.97. The molecule has 1 heterocycles. The maximum atomic E-state index is 3.59. The molecule has 78 valence electrons. The summed E-state index contributed by atoms with van der Waals surface area (Å²) in [6.07, 6.45) is 4.03. The molecule has 1 aromatic rings. The van der Waals surface area contributed by atoms with Crippen LogP contribution in [0.25, 0.3) is 0 Å². The van der Waals surface area contributed by atoms with E-state index in [0.29, 0.717) is 0 Å². The maximum Gasteiger partial charge on any atom is 0.00775 e. The molecule has 0 aliphatic heterocycles. The Bertz CT molecular complexity index is 288. The number of hydrogen-bond donors (Lipinski definition) is 1. The summed E-state index contributed by atoms with van der Waals surface area (Å²) < 4.78 is 0. The van der Waals surface area contributed by atoms with Crippen molar-refractivity contribution in [3.63, 3.8) is 0 Å². The Hall–Kier alpha value is -0.340. The fourth-order valence-electron chi connectivity index (χ4n) is 1.66. The average Bonchev–Trinajstić information content (AvgIpc) is 2.90. The fourth-order valence-corrected chi connectivity index (χ4v) is 2.73. The summed E-state index contributed by atoms with van der Waals surface area (Å²) in [5.41, 5.74) is 1.47. The summed E-state index contributed by atoms with van der Waals surface area (Å²) in [5, 5.41) is 5.79. The third kappa shape index (κ3) is 2.82. The molecule has 1 aliphatic carbocycles. The lowest BCUT2D eigenvalue weighted by Crippen LogP contribution is -2.24. The Kier molecular flexibility index (Phi) is 3.24. The van der Waals surface area contributed by atoms with Crippen molar-refractivity contribution in [2.45, 2.75) is 39.2 Å². The van der Waals surface area contributed by atoms with E-state index >= 15 is 0 Å². The highest BCUT2D eigenvalue weighted by molar-refractivity contribution is 7.10. The second-order valence-corrected chi connectivity index (χ2v) is 5.52. The SMILES string of the molecule is Cc1ccsc1CC(C)CNC1CC1. The smallest absolute Gasteiger partial charge is 0.00775 e. The predicted molar refractivity (Wildman–Crippen MR) is 62.9 cm³/mol. The molecule has 0 spiro atoms. The van der Waals surface area contributed by atoms with Crippen LogP contribution in [0.3, 0.4) is 0 Å². The minimum Gasteiger partial charge on any atom is -0.314 e. The van der Waals surface area contributed by atoms with Crippen LogP contribution in [0.1, 0.15) is 30.2 Å². The lowest BCUT2D eigenvalue weighted by molar-refractivity contribution is 0.511. The molecule has 0 amide bonds. The number of aryl methyl sites for hydroxylation is 1. The number of rotatable bonds is 5. The Labute approximate surface area is 90.5 Å².